The molecule has 1 saturated heterocycles. The number of likely N-dealkylation sites (N-methyl/N-ethyl adjacent to an activating group) is 1. The molecular formula is C81H88BrCl2F18N15O14. The van der Waals surface area contributed by atoms with E-state index in [0.717, 1.165) is 38.8 Å². The van der Waals surface area contributed by atoms with E-state index in [1.54, 1.807) is 50.2 Å². The zero-order valence-electron chi connectivity index (χ0n) is 69.6. The van der Waals surface area contributed by atoms with Crippen molar-refractivity contribution in [1.29, 1.82) is 10.5 Å². The van der Waals surface area contributed by atoms with Crippen LogP contribution >= 0.6 is 39.9 Å². The molecule has 6 amide bonds. The first-order chi connectivity index (χ1) is 60.4. The fourth-order valence-electron chi connectivity index (χ4n) is 8.50. The number of nitrogens with zero attached hydrogens (tertiary/aromatic N) is 7. The number of carboxylic acids is 1. The summed E-state index contributed by atoms with van der Waals surface area (Å²) in [5, 5.41) is 49.8. The molecule has 2 aromatic heterocycles. The molecule has 0 spiro atoms. The molecule has 6 aromatic carbocycles. The Hall–Kier alpha value is -12.8. The summed E-state index contributed by atoms with van der Waals surface area (Å²) in [6, 6.07) is 39.5. The van der Waals surface area contributed by atoms with Crippen LogP contribution in [0.4, 0.5) is 79.0 Å². The zero-order valence-corrected chi connectivity index (χ0v) is 72.7. The number of alkyl halides is 19. The van der Waals surface area contributed by atoms with Crippen LogP contribution in [0, 0.1) is 36.5 Å². The number of hydrogen-bond acceptors (Lipinski definition) is 21. The van der Waals surface area contributed by atoms with Crippen molar-refractivity contribution in [2.45, 2.75) is 103 Å². The van der Waals surface area contributed by atoms with Crippen molar-refractivity contribution in [3.05, 3.63) is 219 Å². The first kappa shape index (κ1) is 120. The number of nitriles is 2. The Labute approximate surface area is 755 Å². The largest absolute Gasteiger partial charge is 0.481 e. The van der Waals surface area contributed by atoms with E-state index in [9.17, 15) is 117 Å². The summed E-state index contributed by atoms with van der Waals surface area (Å²) in [5.41, 5.74) is 19.8. The third-order valence-corrected chi connectivity index (χ3v) is 15.5. The van der Waals surface area contributed by atoms with Crippen LogP contribution in [-0.2, 0) is 14.3 Å². The van der Waals surface area contributed by atoms with Crippen molar-refractivity contribution in [2.75, 3.05) is 77.9 Å². The van der Waals surface area contributed by atoms with Crippen LogP contribution in [0.2, 0.25) is 0 Å². The van der Waals surface area contributed by atoms with Crippen LogP contribution in [0.3, 0.4) is 0 Å². The van der Waals surface area contributed by atoms with Crippen molar-refractivity contribution < 1.29 is 146 Å². The minimum atomic E-state index is -4.30. The lowest BCUT2D eigenvalue weighted by Gasteiger charge is -2.21. The highest BCUT2D eigenvalue weighted by Crippen LogP contribution is 2.25. The number of oxime groups is 1. The van der Waals surface area contributed by atoms with Crippen molar-refractivity contribution in [1.82, 2.24) is 46.6 Å². The van der Waals surface area contributed by atoms with Gasteiger partial charge in [-0.3, -0.25) is 43.2 Å². The Bertz CT molecular complexity index is 4760. The Morgan fingerprint density at radius 2 is 0.763 bits per heavy atom. The second kappa shape index (κ2) is 61.7. The molecule has 131 heavy (non-hydrogen) atoms. The fraction of sp³-hybridized carbons (Fsp3) is 0.346. The Morgan fingerprint density at radius 3 is 0.992 bits per heavy atom. The summed E-state index contributed by atoms with van der Waals surface area (Å²) >= 11 is 8.19. The number of ether oxygens (including phenoxy) is 1. The molecule has 13 N–H and O–H groups in total. The van der Waals surface area contributed by atoms with Gasteiger partial charge in [-0.2, -0.15) is 94.5 Å². The van der Waals surface area contributed by atoms with E-state index in [2.05, 4.69) is 86.2 Å². The summed E-state index contributed by atoms with van der Waals surface area (Å²) in [6.45, 7) is 7.17. The number of rotatable bonds is 22. The Morgan fingerprint density at radius 1 is 0.481 bits per heavy atom. The molecule has 9 rings (SSSR count). The molecule has 0 saturated carbocycles. The van der Waals surface area contributed by atoms with Crippen molar-refractivity contribution in [2.24, 2.45) is 22.4 Å². The van der Waals surface area contributed by atoms with Crippen LogP contribution in [0.15, 0.2) is 166 Å². The van der Waals surface area contributed by atoms with Crippen molar-refractivity contribution in [3.63, 3.8) is 0 Å². The molecule has 50 heteroatoms. The number of carbonyl (C=O) groups is 9. The van der Waals surface area contributed by atoms with Gasteiger partial charge in [0.25, 0.3) is 40.7 Å². The number of amides is 6. The van der Waals surface area contributed by atoms with Gasteiger partial charge in [-0.25, -0.2) is 4.98 Å². The molecule has 0 aliphatic carbocycles. The van der Waals surface area contributed by atoms with E-state index < -0.39 is 149 Å². The van der Waals surface area contributed by atoms with E-state index in [4.69, 9.17) is 56.6 Å². The van der Waals surface area contributed by atoms with Gasteiger partial charge < -0.3 is 72.7 Å². The fourth-order valence-corrected chi connectivity index (χ4v) is 8.95. The van der Waals surface area contributed by atoms with Gasteiger partial charge in [0, 0.05) is 136 Å². The number of Topliss-reactive ketones (excluding diaryl/α,β-unsaturated/α-hetero) is 1. The normalized spacial score (nSPS) is 11.6. The number of primary amides is 1. The number of amidine groups is 1. The third kappa shape index (κ3) is 60.6. The van der Waals surface area contributed by atoms with E-state index >= 15 is 0 Å². The minimum Gasteiger partial charge on any atom is -0.481 e. The van der Waals surface area contributed by atoms with Crippen LogP contribution in [0.1, 0.15) is 153 Å². The molecule has 1 aliphatic heterocycles. The van der Waals surface area contributed by atoms with Crippen molar-refractivity contribution in [3.8, 4) is 34.8 Å². The van der Waals surface area contributed by atoms with Crippen LogP contribution in [-0.4, -0.2) is 204 Å². The maximum Gasteiger partial charge on any atom is 0.390 e. The van der Waals surface area contributed by atoms with Gasteiger partial charge in [-0.1, -0.05) is 74.8 Å². The maximum atomic E-state index is 12.0. The highest BCUT2D eigenvalue weighted by molar-refractivity contribution is 9.09. The lowest BCUT2D eigenvalue weighted by molar-refractivity contribution is -0.135. The molecule has 29 nitrogen and oxygen atoms in total. The predicted molar refractivity (Wildman–Crippen MR) is 446 cm³/mol. The smallest absolute Gasteiger partial charge is 0.390 e. The molecule has 8 aromatic rings. The van der Waals surface area contributed by atoms with Crippen LogP contribution < -0.4 is 43.8 Å². The first-order valence-electron chi connectivity index (χ1n) is 37.1. The topological polar surface area (TPSA) is 470 Å². The third-order valence-electron chi connectivity index (χ3n) is 14.8. The summed E-state index contributed by atoms with van der Waals surface area (Å²) in [4.78, 5) is 108. The molecule has 718 valence electrons. The molecule has 0 atom stereocenters. The number of oxazole rings is 1. The van der Waals surface area contributed by atoms with Crippen LogP contribution in [0.5, 0.6) is 0 Å². The number of carbonyl (C=O) groups excluding carboxylic acids is 8. The summed E-state index contributed by atoms with van der Waals surface area (Å²) in [7, 11) is 2.11. The van der Waals surface area contributed by atoms with E-state index in [-0.39, 0.29) is 64.1 Å². The van der Waals surface area contributed by atoms with E-state index in [1.807, 2.05) is 12.1 Å². The SMILES string of the molecule is CC(=O)O.CC(N)=O.CN1CCOCC1.Cc1nc(-c2ccc(C(=O)NCCC(F)(F)F)cc2)co1.Cc1nc(-c2ccc(C(=O)NCCC(F)(F)F)cc2)no1.Cl.N#Cc1ccc(C(=O)Cl)cc1.N#Cc1ccc(C(=O)NCCC(F)(F)F)cc1.N/C(=N/O)c1ccc(C(=O)NCCC(F)(F)F)cc1.NCCC(F)(F)F.O=C(CBr)c1ccc(C(=O)NCCC(F)(F)F)cc1. The molecule has 1 aliphatic rings. The molecule has 1 fully saturated rings. The summed E-state index contributed by atoms with van der Waals surface area (Å²) in [6.07, 6.45) is -30.2. The number of aryl methyl sites for hydroxylation is 2. The lowest BCUT2D eigenvalue weighted by atomic mass is 10.1. The highest BCUT2D eigenvalue weighted by Gasteiger charge is 2.31. The minimum absolute atomic E-state index is 0. The highest BCUT2D eigenvalue weighted by atomic mass is 79.9. The van der Waals surface area contributed by atoms with Gasteiger partial charge >= 0.3 is 37.1 Å². The number of hydrogen-bond donors (Lipinski definition) is 10. The van der Waals surface area contributed by atoms with E-state index in [0.29, 0.717) is 62.2 Å². The molecule has 0 unspecified atom stereocenters. The van der Waals surface area contributed by atoms with Gasteiger partial charge in [0.2, 0.25) is 17.6 Å². The van der Waals surface area contributed by atoms with Gasteiger partial charge in [0.05, 0.1) is 80.3 Å². The summed E-state index contributed by atoms with van der Waals surface area (Å²) < 4.78 is 227. The van der Waals surface area contributed by atoms with Gasteiger partial charge in [0.1, 0.15) is 12.0 Å². The quantitative estimate of drug-likeness (QED) is 0.00440. The second-order valence-corrected chi connectivity index (χ2v) is 26.6. The summed E-state index contributed by atoms with van der Waals surface area (Å²) in [5.74, 6) is -2.99. The van der Waals surface area contributed by atoms with Crippen LogP contribution in [0.25, 0.3) is 22.6 Å². The number of aliphatic carboxylic acids is 1. The zero-order chi connectivity index (χ0) is 99.2. The standard InChI is InChI=1S/C14H13F3N2O2.C13H12F3N3O2.C12H11BrF3NO2.C11H12F3N3O2.C11H9F3N2O.C8H4ClNO.C5H11NO.C3H6F3N.C2H5NO.C2H4O2.ClH/c1-9-19-12(8-21-9)10-2-4-11(5-3-10)13(20)18-7-6-14(15,16)17;1-8-18-11(19-21-8)9-2-4-10(5-3-9)12(20)17-7-6-13(14,15)16;13-7-10(18)8-1-3-9(4-2-8)11(19)17-6-5-12(14,15)16;12-11(13,14)5-6-16-10(18)8-3-1-7(2-4-8)9(15)17-19;12-11(13,14)5-6-16-10(17)9-3-1-8(7-15)2-4-9;9-8(11)7-3-1-6(5-10)2-4-7;1-6-2-4-7-5-3-6;4-3(5,6)1-2-7;2*1-2(3)4;/h2-5,8H,6-7H2,1H3,(H,18,20);2-5H,6-7H2,1H3,(H,17,20);1-4H,5-7H2,(H,17,19);1-4,19H,5-6H2,(H2,15,17)(H,16,18);1-4H,5-6H2,(H,16,17);1-4H;2-5H2,1H3;1-2,7H2;1H3,(H2,3,4);1H3,(H,3,4);1H. The Kier molecular flexibility index (Phi) is 56.6. The number of ketones is 1. The lowest BCUT2D eigenvalue weighted by Crippen LogP contribution is -2.32. The maximum absolute atomic E-state index is 12.0. The number of nitrogens with two attached hydrogens (primary N) is 3. The monoisotopic (exact) mass is 1990 g/mol. The first-order valence-corrected chi connectivity index (χ1v) is 38.6. The van der Waals surface area contributed by atoms with Gasteiger partial charge in [-0.15, -0.1) is 12.4 Å². The van der Waals surface area contributed by atoms with Gasteiger partial charge in [-0.05, 0) is 116 Å². The number of halogens is 21. The number of carboxylic acid groups (broad SMARTS) is 1. The molecular weight excluding hydrogens is 1900 g/mol. The van der Waals surface area contributed by atoms with Crippen molar-refractivity contribution >= 4 is 98.2 Å². The Balaban J connectivity index is 0. The predicted octanol–water partition coefficient (Wildman–Crippen LogP) is 15.5. The van der Waals surface area contributed by atoms with E-state index in [1.165, 1.54) is 122 Å². The number of benzene rings is 6. The average Bonchev–Trinajstić information content (AvgIpc) is 1.68. The van der Waals surface area contributed by atoms with Gasteiger partial charge in [0.15, 0.2) is 17.5 Å². The molecule has 0 bridgehead atoms. The second-order valence-electron chi connectivity index (χ2n) is 25.7. The average molecular weight is 1990 g/mol. The molecule has 0 radical (unpaired) electrons. The number of morpholine rings is 1. The molecule has 3 heterocycles. The number of aromatic nitrogens is 3. The number of nitrogens with one attached hydrogen (secondary N) is 5.